The zero-order valence-corrected chi connectivity index (χ0v) is 4.28. The Bertz CT molecular complexity index is 78.9. The number of nitrogens with one attached hydrogen (secondary N) is 1. The van der Waals surface area contributed by atoms with Gasteiger partial charge in [0, 0.05) is 12.4 Å². The molecule has 0 fully saturated rings. The highest BCUT2D eigenvalue weighted by atomic mass is 16.5. The molecule has 0 atom stereocenters. The summed E-state index contributed by atoms with van der Waals surface area (Å²) in [5.74, 6) is 0. The summed E-state index contributed by atoms with van der Waals surface area (Å²) in [5.41, 5.74) is 0. The maximum atomic E-state index is 7.12. The van der Waals surface area contributed by atoms with E-state index in [1.54, 1.807) is 12.4 Å². The molecule has 1 aromatic heterocycles. The first kappa shape index (κ1) is 7.13. The van der Waals surface area contributed by atoms with Crippen molar-refractivity contribution in [3.63, 3.8) is 0 Å². The molecule has 1 rings (SSSR count). The number of H-pyrrole nitrogens is 1. The van der Waals surface area contributed by atoms with Crippen LogP contribution in [0.3, 0.4) is 0 Å². The molecule has 1 heterocycles. The number of aliphatic hydroxyl groups is 2. The molecule has 3 N–H and O–H groups in total. The molecule has 0 amide bonds. The van der Waals surface area contributed by atoms with E-state index in [1.807, 2.05) is 6.07 Å². The van der Waals surface area contributed by atoms with Crippen LogP contribution in [0, 0.1) is 0 Å². The normalized spacial score (nSPS) is 7.25. The van der Waals surface area contributed by atoms with Gasteiger partial charge in [0.25, 0.3) is 0 Å². The zero-order valence-electron chi connectivity index (χ0n) is 4.28. The van der Waals surface area contributed by atoms with Crippen molar-refractivity contribution in [3.05, 3.63) is 18.5 Å². The third-order valence-corrected chi connectivity index (χ3v) is 0.406. The van der Waals surface area contributed by atoms with Crippen LogP contribution in [-0.2, 0) is 0 Å². The van der Waals surface area contributed by atoms with Crippen LogP contribution >= 0.6 is 0 Å². The second kappa shape index (κ2) is 6.13. The summed E-state index contributed by atoms with van der Waals surface area (Å²) in [7, 11) is 0. The smallest absolute Gasteiger partial charge is 0.140 e. The SMILES string of the molecule is OCO.c1cn[nH]c1. The Labute approximate surface area is 46.8 Å². The van der Waals surface area contributed by atoms with Gasteiger partial charge in [-0.25, -0.2) is 0 Å². The van der Waals surface area contributed by atoms with Crippen LogP contribution in [0.25, 0.3) is 0 Å². The minimum Gasteiger partial charge on any atom is -0.371 e. The summed E-state index contributed by atoms with van der Waals surface area (Å²) in [4.78, 5) is 0. The Kier molecular flexibility index (Phi) is 5.46. The van der Waals surface area contributed by atoms with Crippen molar-refractivity contribution >= 4 is 0 Å². The second-order valence-electron chi connectivity index (χ2n) is 0.908. The van der Waals surface area contributed by atoms with E-state index in [4.69, 9.17) is 10.2 Å². The van der Waals surface area contributed by atoms with Gasteiger partial charge in [-0.3, -0.25) is 5.10 Å². The van der Waals surface area contributed by atoms with E-state index in [1.165, 1.54) is 0 Å². The Hall–Kier alpha value is -0.870. The molecule has 0 bridgehead atoms. The number of aromatic amines is 1. The average Bonchev–Trinajstić information content (AvgIpc) is 2.17. The van der Waals surface area contributed by atoms with E-state index in [9.17, 15) is 0 Å². The van der Waals surface area contributed by atoms with Gasteiger partial charge in [-0.05, 0) is 6.07 Å². The fourth-order valence-electron chi connectivity index (χ4n) is 0.215. The molecule has 0 aliphatic carbocycles. The van der Waals surface area contributed by atoms with Crippen molar-refractivity contribution < 1.29 is 10.2 Å². The molecular weight excluding hydrogens is 108 g/mol. The van der Waals surface area contributed by atoms with E-state index in [-0.39, 0.29) is 0 Å². The van der Waals surface area contributed by atoms with Crippen molar-refractivity contribution in [2.24, 2.45) is 0 Å². The topological polar surface area (TPSA) is 69.1 Å². The maximum absolute atomic E-state index is 7.12. The number of aliphatic hydroxyl groups excluding tert-OH is 1. The fraction of sp³-hybridized carbons (Fsp3) is 0.250. The van der Waals surface area contributed by atoms with Gasteiger partial charge in [0.2, 0.25) is 0 Å². The number of hydrogen-bond donors (Lipinski definition) is 3. The molecular formula is C4H8N2O2. The van der Waals surface area contributed by atoms with Crippen LogP contribution in [0.15, 0.2) is 18.5 Å². The van der Waals surface area contributed by atoms with Gasteiger partial charge in [0.05, 0.1) is 0 Å². The molecule has 0 spiro atoms. The van der Waals surface area contributed by atoms with Gasteiger partial charge >= 0.3 is 0 Å². The summed E-state index contributed by atoms with van der Waals surface area (Å²) in [5, 5.41) is 20.5. The maximum Gasteiger partial charge on any atom is 0.140 e. The number of aromatic nitrogens is 2. The van der Waals surface area contributed by atoms with Crippen molar-refractivity contribution in [1.29, 1.82) is 0 Å². The first-order valence-electron chi connectivity index (χ1n) is 2.07. The molecule has 4 nitrogen and oxygen atoms in total. The predicted octanol–water partition coefficient (Wildman–Crippen LogP) is -0.662. The molecule has 0 radical (unpaired) electrons. The third kappa shape index (κ3) is 5.13. The van der Waals surface area contributed by atoms with Gasteiger partial charge in [-0.2, -0.15) is 5.10 Å². The number of nitrogens with zero attached hydrogens (tertiary/aromatic N) is 1. The van der Waals surface area contributed by atoms with Gasteiger partial charge < -0.3 is 10.2 Å². The highest BCUT2D eigenvalue weighted by Crippen LogP contribution is 1.64. The molecule has 8 heavy (non-hydrogen) atoms. The summed E-state index contributed by atoms with van der Waals surface area (Å²) in [6, 6.07) is 1.83. The average molecular weight is 116 g/mol. The van der Waals surface area contributed by atoms with Crippen LogP contribution < -0.4 is 0 Å². The Morgan fingerprint density at radius 1 is 1.50 bits per heavy atom. The first-order valence-corrected chi connectivity index (χ1v) is 2.07. The van der Waals surface area contributed by atoms with E-state index >= 15 is 0 Å². The third-order valence-electron chi connectivity index (χ3n) is 0.406. The van der Waals surface area contributed by atoms with Crippen molar-refractivity contribution in [3.8, 4) is 0 Å². The lowest BCUT2D eigenvalue weighted by Gasteiger charge is -1.55. The minimum atomic E-state index is -0.750. The Balaban J connectivity index is 0.000000145. The largest absolute Gasteiger partial charge is 0.371 e. The summed E-state index contributed by atoms with van der Waals surface area (Å²) >= 11 is 0. The lowest BCUT2D eigenvalue weighted by molar-refractivity contribution is 0.0773. The quantitative estimate of drug-likeness (QED) is 0.394. The molecule has 0 aromatic carbocycles. The summed E-state index contributed by atoms with van der Waals surface area (Å²) in [6.45, 7) is -0.750. The van der Waals surface area contributed by atoms with Gasteiger partial charge in [-0.1, -0.05) is 0 Å². The van der Waals surface area contributed by atoms with E-state index < -0.39 is 6.79 Å². The van der Waals surface area contributed by atoms with Crippen LogP contribution in [0.2, 0.25) is 0 Å². The predicted molar refractivity (Wildman–Crippen MR) is 27.9 cm³/mol. The second-order valence-corrected chi connectivity index (χ2v) is 0.908. The number of rotatable bonds is 0. The van der Waals surface area contributed by atoms with Crippen LogP contribution in [0.5, 0.6) is 0 Å². The summed E-state index contributed by atoms with van der Waals surface area (Å²) in [6.07, 6.45) is 3.46. The lowest BCUT2D eigenvalue weighted by Crippen LogP contribution is -1.66. The standard InChI is InChI=1S/C3H4N2.CH4O2/c1-2-4-5-3-1;2-1-3/h1-3H,(H,4,5);2-3H,1H2. The zero-order chi connectivity index (χ0) is 6.24. The van der Waals surface area contributed by atoms with Crippen LogP contribution in [0.1, 0.15) is 0 Å². The monoisotopic (exact) mass is 116 g/mol. The number of hydrogen-bond acceptors (Lipinski definition) is 3. The Morgan fingerprint density at radius 2 is 2.12 bits per heavy atom. The van der Waals surface area contributed by atoms with Crippen molar-refractivity contribution in [2.45, 2.75) is 0 Å². The van der Waals surface area contributed by atoms with Crippen molar-refractivity contribution in [2.75, 3.05) is 6.79 Å². The molecule has 0 saturated heterocycles. The fourth-order valence-corrected chi connectivity index (χ4v) is 0.215. The first-order chi connectivity index (χ1) is 3.91. The lowest BCUT2D eigenvalue weighted by atomic mass is 10.8. The molecule has 0 aliphatic rings. The van der Waals surface area contributed by atoms with Gasteiger partial charge in [0.15, 0.2) is 0 Å². The molecule has 0 aliphatic heterocycles. The molecule has 0 unspecified atom stereocenters. The molecule has 4 heteroatoms. The molecule has 0 saturated carbocycles. The van der Waals surface area contributed by atoms with E-state index in [0.717, 1.165) is 0 Å². The van der Waals surface area contributed by atoms with Crippen molar-refractivity contribution in [1.82, 2.24) is 10.2 Å². The molecule has 46 valence electrons. The Morgan fingerprint density at radius 3 is 2.25 bits per heavy atom. The minimum absolute atomic E-state index is 0.750. The van der Waals surface area contributed by atoms with E-state index in [2.05, 4.69) is 10.2 Å². The highest BCUT2D eigenvalue weighted by Gasteiger charge is 1.56. The van der Waals surface area contributed by atoms with Crippen LogP contribution in [0.4, 0.5) is 0 Å². The molecule has 1 aromatic rings. The van der Waals surface area contributed by atoms with Gasteiger partial charge in [0.1, 0.15) is 6.79 Å². The summed E-state index contributed by atoms with van der Waals surface area (Å²) < 4.78 is 0. The highest BCUT2D eigenvalue weighted by molar-refractivity contribution is 4.72. The van der Waals surface area contributed by atoms with Crippen LogP contribution in [-0.4, -0.2) is 27.2 Å². The van der Waals surface area contributed by atoms with E-state index in [0.29, 0.717) is 0 Å². The van der Waals surface area contributed by atoms with Gasteiger partial charge in [-0.15, -0.1) is 0 Å².